The number of amides is 1. The summed E-state index contributed by atoms with van der Waals surface area (Å²) in [5.74, 6) is -1.23. The molecule has 0 bridgehead atoms. The molecule has 1 N–H and O–H groups in total. The van der Waals surface area contributed by atoms with Crippen LogP contribution in [0, 0.1) is 10.1 Å². The number of esters is 2. The van der Waals surface area contributed by atoms with Crippen molar-refractivity contribution in [1.29, 1.82) is 0 Å². The monoisotopic (exact) mass is 537 g/mol. The maximum atomic E-state index is 13.3. The first-order valence-electron chi connectivity index (χ1n) is 13.4. The summed E-state index contributed by atoms with van der Waals surface area (Å²) < 4.78 is 10.6. The van der Waals surface area contributed by atoms with Crippen LogP contribution in [0.25, 0.3) is 0 Å². The molecule has 1 rings (SSSR count). The SMILES string of the molecule is CCCN(C(=O)C(C)NC(CCCc1ccccc1)C(=O)OCC)C(C)C(=O)OCCCCCO[N+](=O)[O-]. The second-order valence-corrected chi connectivity index (χ2v) is 9.06. The second kappa shape index (κ2) is 18.9. The van der Waals surface area contributed by atoms with Gasteiger partial charge in [0.05, 0.1) is 25.9 Å². The van der Waals surface area contributed by atoms with Gasteiger partial charge in [0.2, 0.25) is 5.91 Å². The molecule has 0 aliphatic heterocycles. The van der Waals surface area contributed by atoms with E-state index in [1.807, 2.05) is 37.3 Å². The van der Waals surface area contributed by atoms with E-state index in [2.05, 4.69) is 10.2 Å². The lowest BCUT2D eigenvalue weighted by Crippen LogP contribution is -2.54. The Bertz CT molecular complexity index is 852. The van der Waals surface area contributed by atoms with Crippen LogP contribution in [0.2, 0.25) is 0 Å². The molecule has 214 valence electrons. The molecule has 11 heteroatoms. The Hall–Kier alpha value is -3.21. The predicted molar refractivity (Wildman–Crippen MR) is 142 cm³/mol. The molecule has 38 heavy (non-hydrogen) atoms. The lowest BCUT2D eigenvalue weighted by molar-refractivity contribution is -0.757. The van der Waals surface area contributed by atoms with Crippen molar-refractivity contribution in [2.45, 2.75) is 90.8 Å². The van der Waals surface area contributed by atoms with E-state index >= 15 is 0 Å². The molecule has 11 nitrogen and oxygen atoms in total. The van der Waals surface area contributed by atoms with Gasteiger partial charge in [-0.3, -0.25) is 14.9 Å². The van der Waals surface area contributed by atoms with E-state index in [0.717, 1.165) is 12.8 Å². The maximum absolute atomic E-state index is 13.3. The minimum Gasteiger partial charge on any atom is -0.465 e. The van der Waals surface area contributed by atoms with Crippen molar-refractivity contribution >= 4 is 17.8 Å². The number of nitrogens with one attached hydrogen (secondary N) is 1. The van der Waals surface area contributed by atoms with Crippen LogP contribution in [0.4, 0.5) is 0 Å². The lowest BCUT2D eigenvalue weighted by Gasteiger charge is -2.31. The van der Waals surface area contributed by atoms with Gasteiger partial charge in [-0.1, -0.05) is 37.3 Å². The molecule has 3 unspecified atom stereocenters. The van der Waals surface area contributed by atoms with Crippen LogP contribution >= 0.6 is 0 Å². The fourth-order valence-corrected chi connectivity index (χ4v) is 3.97. The van der Waals surface area contributed by atoms with Gasteiger partial charge in [-0.05, 0) is 71.3 Å². The molecule has 0 aliphatic carbocycles. The first kappa shape index (κ1) is 32.8. The van der Waals surface area contributed by atoms with Crippen molar-refractivity contribution in [3.8, 4) is 0 Å². The Morgan fingerprint density at radius 1 is 0.974 bits per heavy atom. The molecule has 0 radical (unpaired) electrons. The summed E-state index contributed by atoms with van der Waals surface area (Å²) >= 11 is 0. The molecular formula is C27H43N3O8. The van der Waals surface area contributed by atoms with Crippen LogP contribution in [-0.4, -0.2) is 72.3 Å². The molecule has 0 aromatic heterocycles. The molecule has 0 fully saturated rings. The van der Waals surface area contributed by atoms with Crippen LogP contribution < -0.4 is 5.32 Å². The van der Waals surface area contributed by atoms with Gasteiger partial charge in [-0.25, -0.2) is 4.79 Å². The predicted octanol–water partition coefficient (Wildman–Crippen LogP) is 3.47. The van der Waals surface area contributed by atoms with Gasteiger partial charge in [0, 0.05) is 6.54 Å². The Balaban J connectivity index is 2.66. The van der Waals surface area contributed by atoms with Gasteiger partial charge in [-0.2, -0.15) is 0 Å². The molecule has 1 aromatic carbocycles. The van der Waals surface area contributed by atoms with Gasteiger partial charge < -0.3 is 19.2 Å². The maximum Gasteiger partial charge on any atom is 0.328 e. The number of aryl methyl sites for hydroxylation is 1. The summed E-state index contributed by atoms with van der Waals surface area (Å²) in [5.41, 5.74) is 1.17. The summed E-state index contributed by atoms with van der Waals surface area (Å²) in [6, 6.07) is 7.80. The number of carbonyl (C=O) groups is 3. The Morgan fingerprint density at radius 3 is 2.29 bits per heavy atom. The minimum absolute atomic E-state index is 0.0000650. The topological polar surface area (TPSA) is 137 Å². The summed E-state index contributed by atoms with van der Waals surface area (Å²) in [6.45, 7) is 7.70. The van der Waals surface area contributed by atoms with E-state index in [1.165, 1.54) is 10.5 Å². The highest BCUT2D eigenvalue weighted by Gasteiger charge is 2.32. The van der Waals surface area contributed by atoms with E-state index in [9.17, 15) is 24.5 Å². The number of carbonyl (C=O) groups excluding carboxylic acids is 3. The van der Waals surface area contributed by atoms with Crippen LogP contribution in [0.1, 0.15) is 71.8 Å². The Labute approximate surface area is 225 Å². The number of nitrogens with zero attached hydrogens (tertiary/aromatic N) is 2. The van der Waals surface area contributed by atoms with Gasteiger partial charge in [0.1, 0.15) is 12.1 Å². The number of benzene rings is 1. The van der Waals surface area contributed by atoms with Crippen LogP contribution in [0.5, 0.6) is 0 Å². The quantitative estimate of drug-likeness (QED) is 0.115. The number of rotatable bonds is 20. The molecular weight excluding hydrogens is 494 g/mol. The zero-order valence-electron chi connectivity index (χ0n) is 23.1. The zero-order chi connectivity index (χ0) is 28.3. The summed E-state index contributed by atoms with van der Waals surface area (Å²) in [7, 11) is 0. The molecule has 3 atom stereocenters. The largest absolute Gasteiger partial charge is 0.465 e. The van der Waals surface area contributed by atoms with E-state index < -0.39 is 35.2 Å². The molecule has 0 saturated heterocycles. The average molecular weight is 538 g/mol. The Morgan fingerprint density at radius 2 is 1.66 bits per heavy atom. The van der Waals surface area contributed by atoms with E-state index in [-0.39, 0.29) is 25.7 Å². The van der Waals surface area contributed by atoms with Gasteiger partial charge in [0.15, 0.2) is 0 Å². The van der Waals surface area contributed by atoms with Crippen molar-refractivity contribution in [2.75, 3.05) is 26.4 Å². The fraction of sp³-hybridized carbons (Fsp3) is 0.667. The van der Waals surface area contributed by atoms with E-state index in [1.54, 1.807) is 20.8 Å². The number of unbranched alkanes of at least 4 members (excludes halogenated alkanes) is 2. The first-order chi connectivity index (χ1) is 18.2. The third kappa shape index (κ3) is 12.8. The highest BCUT2D eigenvalue weighted by molar-refractivity contribution is 5.88. The molecule has 0 heterocycles. The molecule has 1 aromatic rings. The van der Waals surface area contributed by atoms with Gasteiger partial charge in [-0.15, -0.1) is 10.1 Å². The van der Waals surface area contributed by atoms with E-state index in [4.69, 9.17) is 9.47 Å². The van der Waals surface area contributed by atoms with E-state index in [0.29, 0.717) is 38.6 Å². The van der Waals surface area contributed by atoms with Crippen molar-refractivity contribution in [1.82, 2.24) is 10.2 Å². The van der Waals surface area contributed by atoms with Crippen LogP contribution in [0.15, 0.2) is 30.3 Å². The third-order valence-electron chi connectivity index (χ3n) is 5.98. The zero-order valence-corrected chi connectivity index (χ0v) is 23.1. The third-order valence-corrected chi connectivity index (χ3v) is 5.98. The minimum atomic E-state index is -0.837. The summed E-state index contributed by atoms with van der Waals surface area (Å²) in [4.78, 5) is 54.4. The molecule has 1 amide bonds. The van der Waals surface area contributed by atoms with Crippen molar-refractivity contribution in [3.63, 3.8) is 0 Å². The van der Waals surface area contributed by atoms with Crippen LogP contribution in [-0.2, 0) is 35.1 Å². The van der Waals surface area contributed by atoms with Crippen LogP contribution in [0.3, 0.4) is 0 Å². The number of ether oxygens (including phenoxy) is 2. The normalized spacial score (nSPS) is 13.2. The first-order valence-corrected chi connectivity index (χ1v) is 13.4. The van der Waals surface area contributed by atoms with Crippen molar-refractivity contribution in [3.05, 3.63) is 46.0 Å². The smallest absolute Gasteiger partial charge is 0.328 e. The number of hydrogen-bond acceptors (Lipinski definition) is 9. The van der Waals surface area contributed by atoms with Gasteiger partial charge >= 0.3 is 11.9 Å². The standard InChI is InChI=1S/C27H43N3O8/c1-5-18-29(22(4)26(32)37-19-11-8-12-20-38-30(34)35)25(31)21(3)28-24(27(33)36-6-2)17-13-16-23-14-9-7-10-15-23/h7,9-10,14-15,21-22,24,28H,5-6,8,11-13,16-20H2,1-4H3. The molecule has 0 aliphatic rings. The second-order valence-electron chi connectivity index (χ2n) is 9.06. The van der Waals surface area contributed by atoms with Crippen molar-refractivity contribution < 1.29 is 33.8 Å². The Kier molecular flexibility index (Phi) is 16.4. The number of hydrogen-bond donors (Lipinski definition) is 1. The lowest BCUT2D eigenvalue weighted by atomic mass is 10.0. The summed E-state index contributed by atoms with van der Waals surface area (Å²) in [5, 5.41) is 12.4. The highest BCUT2D eigenvalue weighted by Crippen LogP contribution is 2.12. The molecule has 0 saturated carbocycles. The summed E-state index contributed by atoms with van der Waals surface area (Å²) in [6.07, 6.45) is 4.30. The average Bonchev–Trinajstić information content (AvgIpc) is 2.90. The fourth-order valence-electron chi connectivity index (χ4n) is 3.97. The van der Waals surface area contributed by atoms with Gasteiger partial charge in [0.25, 0.3) is 5.09 Å². The highest BCUT2D eigenvalue weighted by atomic mass is 16.9. The van der Waals surface area contributed by atoms with Crippen molar-refractivity contribution in [2.24, 2.45) is 0 Å². The molecule has 0 spiro atoms.